The zero-order chi connectivity index (χ0) is 17.9. The fourth-order valence-corrected chi connectivity index (χ4v) is 2.17. The second kappa shape index (κ2) is 7.07. The van der Waals surface area contributed by atoms with Crippen LogP contribution in [0.5, 0.6) is 0 Å². The van der Waals surface area contributed by atoms with Crippen LogP contribution in [0.1, 0.15) is 53.1 Å². The highest BCUT2D eigenvalue weighted by Crippen LogP contribution is 2.18. The van der Waals surface area contributed by atoms with Crippen molar-refractivity contribution < 1.29 is 14.4 Å². The van der Waals surface area contributed by atoms with Gasteiger partial charge in [0.05, 0.1) is 5.69 Å². The summed E-state index contributed by atoms with van der Waals surface area (Å²) in [4.78, 5) is 42.7. The first-order chi connectivity index (χ1) is 11.4. The number of hydrogen-bond donors (Lipinski definition) is 2. The zero-order valence-corrected chi connectivity index (χ0v) is 14.0. The second-order valence-electron chi connectivity index (χ2n) is 5.52. The van der Waals surface area contributed by atoms with Crippen LogP contribution >= 0.6 is 0 Å². The van der Waals surface area contributed by atoms with Gasteiger partial charge in [-0.3, -0.25) is 19.7 Å². The van der Waals surface area contributed by atoms with Gasteiger partial charge < -0.3 is 14.5 Å². The number of rotatable bonds is 6. The number of amides is 3. The van der Waals surface area contributed by atoms with Crippen LogP contribution in [0.25, 0.3) is 0 Å². The van der Waals surface area contributed by atoms with Crippen molar-refractivity contribution in [3.05, 3.63) is 29.7 Å². The minimum atomic E-state index is -0.649. The molecule has 9 heteroatoms. The molecule has 0 bridgehead atoms. The largest absolute Gasteiger partial charge is 0.330 e. The quantitative estimate of drug-likeness (QED) is 0.760. The predicted molar refractivity (Wildman–Crippen MR) is 86.6 cm³/mol. The minimum absolute atomic E-state index is 0.0116. The van der Waals surface area contributed by atoms with Crippen LogP contribution < -0.4 is 10.6 Å². The summed E-state index contributed by atoms with van der Waals surface area (Å²) < 4.78 is 3.07. The Labute approximate surface area is 139 Å². The Hall–Kier alpha value is -2.97. The lowest BCUT2D eigenvalue weighted by molar-refractivity contribution is -0.108. The predicted octanol–water partition coefficient (Wildman–Crippen LogP) is 0.806. The van der Waals surface area contributed by atoms with E-state index in [-0.39, 0.29) is 29.8 Å². The Morgan fingerprint density at radius 1 is 1.17 bits per heavy atom. The molecule has 0 aliphatic carbocycles. The van der Waals surface area contributed by atoms with E-state index >= 15 is 0 Å². The third-order valence-electron chi connectivity index (χ3n) is 3.73. The van der Waals surface area contributed by atoms with E-state index < -0.39 is 11.8 Å². The van der Waals surface area contributed by atoms with Crippen LogP contribution in [0.2, 0.25) is 0 Å². The van der Waals surface area contributed by atoms with E-state index in [4.69, 9.17) is 0 Å². The zero-order valence-electron chi connectivity index (χ0n) is 14.0. The normalized spacial score (nSPS) is 11.8. The molecule has 2 N–H and O–H groups in total. The topological polar surface area (TPSA) is 111 Å². The SMILES string of the molecule is CCC(C)c1cn(C)c(C(=O)Nc2cn(C)c(C(=O)NC=O)n2)n1. The van der Waals surface area contributed by atoms with E-state index in [2.05, 4.69) is 22.2 Å². The molecular formula is C15H20N6O3. The summed E-state index contributed by atoms with van der Waals surface area (Å²) in [6.07, 6.45) is 4.51. The molecule has 0 radical (unpaired) electrons. The number of hydrogen-bond acceptors (Lipinski definition) is 5. The Balaban J connectivity index is 2.18. The number of aryl methyl sites for hydroxylation is 2. The average molecular weight is 332 g/mol. The molecule has 0 aliphatic rings. The van der Waals surface area contributed by atoms with Crippen molar-refractivity contribution >= 4 is 24.0 Å². The van der Waals surface area contributed by atoms with Gasteiger partial charge in [-0.1, -0.05) is 13.8 Å². The van der Waals surface area contributed by atoms with Crippen molar-refractivity contribution in [2.24, 2.45) is 14.1 Å². The lowest BCUT2D eigenvalue weighted by atomic mass is 10.1. The second-order valence-corrected chi connectivity index (χ2v) is 5.52. The number of nitrogens with one attached hydrogen (secondary N) is 2. The van der Waals surface area contributed by atoms with E-state index in [1.54, 1.807) is 18.7 Å². The molecule has 3 amide bonds. The van der Waals surface area contributed by atoms with Crippen LogP contribution in [0.15, 0.2) is 12.4 Å². The molecule has 0 spiro atoms. The maximum Gasteiger partial charge on any atom is 0.293 e. The Bertz CT molecular complexity index is 776. The maximum atomic E-state index is 12.4. The molecule has 0 saturated heterocycles. The van der Waals surface area contributed by atoms with Gasteiger partial charge in [0, 0.05) is 26.5 Å². The monoisotopic (exact) mass is 332 g/mol. The molecule has 2 aromatic heterocycles. The standard InChI is InChI=1S/C15H20N6O3/c1-5-9(2)10-6-20(3)13(17-10)15(24)19-11-7-21(4)12(18-11)14(23)16-8-22/h6-9H,5H2,1-4H3,(H,19,24)(H,16,22,23). The number of imidazole rings is 2. The molecule has 24 heavy (non-hydrogen) atoms. The number of carbonyl (C=O) groups is 3. The first-order valence-corrected chi connectivity index (χ1v) is 7.49. The van der Waals surface area contributed by atoms with E-state index in [1.807, 2.05) is 18.4 Å². The summed E-state index contributed by atoms with van der Waals surface area (Å²) in [5.74, 6) is -0.346. The van der Waals surface area contributed by atoms with Crippen molar-refractivity contribution in [1.29, 1.82) is 0 Å². The molecule has 1 unspecified atom stereocenters. The van der Waals surface area contributed by atoms with Crippen LogP contribution in [-0.4, -0.2) is 37.3 Å². The summed E-state index contributed by atoms with van der Waals surface area (Å²) in [6, 6.07) is 0. The van der Waals surface area contributed by atoms with Gasteiger partial charge in [-0.05, 0) is 12.3 Å². The highest BCUT2D eigenvalue weighted by atomic mass is 16.2. The van der Waals surface area contributed by atoms with E-state index in [0.29, 0.717) is 0 Å². The lowest BCUT2D eigenvalue weighted by Gasteiger charge is -2.02. The number of imide groups is 1. The van der Waals surface area contributed by atoms with Crippen LogP contribution in [-0.2, 0) is 18.9 Å². The summed E-state index contributed by atoms with van der Waals surface area (Å²) in [5.41, 5.74) is 0.845. The summed E-state index contributed by atoms with van der Waals surface area (Å²) >= 11 is 0. The van der Waals surface area contributed by atoms with Crippen molar-refractivity contribution in [2.45, 2.75) is 26.2 Å². The highest BCUT2D eigenvalue weighted by molar-refractivity contribution is 6.02. The minimum Gasteiger partial charge on any atom is -0.330 e. The molecule has 2 heterocycles. The number of anilines is 1. The highest BCUT2D eigenvalue weighted by Gasteiger charge is 2.19. The third kappa shape index (κ3) is 3.50. The summed E-state index contributed by atoms with van der Waals surface area (Å²) in [7, 11) is 3.33. The van der Waals surface area contributed by atoms with Gasteiger partial charge in [-0.25, -0.2) is 9.97 Å². The van der Waals surface area contributed by atoms with Gasteiger partial charge in [-0.2, -0.15) is 0 Å². The fraction of sp³-hybridized carbons (Fsp3) is 0.400. The Morgan fingerprint density at radius 3 is 2.42 bits per heavy atom. The van der Waals surface area contributed by atoms with Gasteiger partial charge in [0.15, 0.2) is 11.6 Å². The molecule has 1 atom stereocenters. The van der Waals surface area contributed by atoms with E-state index in [1.165, 1.54) is 10.8 Å². The lowest BCUT2D eigenvalue weighted by Crippen LogP contribution is -2.24. The summed E-state index contributed by atoms with van der Waals surface area (Å²) in [6.45, 7) is 4.10. The van der Waals surface area contributed by atoms with Crippen molar-refractivity contribution in [1.82, 2.24) is 24.4 Å². The molecule has 2 aromatic rings. The number of carbonyl (C=O) groups excluding carboxylic acids is 3. The van der Waals surface area contributed by atoms with Gasteiger partial charge in [0.1, 0.15) is 0 Å². The molecule has 0 aromatic carbocycles. The first-order valence-electron chi connectivity index (χ1n) is 7.49. The van der Waals surface area contributed by atoms with Crippen molar-refractivity contribution in [3.8, 4) is 0 Å². The van der Waals surface area contributed by atoms with Gasteiger partial charge >= 0.3 is 0 Å². The van der Waals surface area contributed by atoms with Crippen LogP contribution in [0.4, 0.5) is 5.82 Å². The van der Waals surface area contributed by atoms with E-state index in [0.717, 1.165) is 12.1 Å². The number of nitrogens with zero attached hydrogens (tertiary/aromatic N) is 4. The fourth-order valence-electron chi connectivity index (χ4n) is 2.17. The molecule has 128 valence electrons. The third-order valence-corrected chi connectivity index (χ3v) is 3.73. The first kappa shape index (κ1) is 17.4. The smallest absolute Gasteiger partial charge is 0.293 e. The Kier molecular flexibility index (Phi) is 5.12. The maximum absolute atomic E-state index is 12.4. The van der Waals surface area contributed by atoms with Gasteiger partial charge in [0.25, 0.3) is 11.8 Å². The van der Waals surface area contributed by atoms with Gasteiger partial charge in [-0.15, -0.1) is 0 Å². The molecule has 0 saturated carbocycles. The number of aromatic nitrogens is 4. The van der Waals surface area contributed by atoms with Crippen molar-refractivity contribution in [2.75, 3.05) is 5.32 Å². The van der Waals surface area contributed by atoms with Crippen LogP contribution in [0.3, 0.4) is 0 Å². The summed E-state index contributed by atoms with van der Waals surface area (Å²) in [5, 5.41) is 4.61. The molecule has 9 nitrogen and oxygen atoms in total. The molecular weight excluding hydrogens is 312 g/mol. The molecule has 0 aliphatic heterocycles. The van der Waals surface area contributed by atoms with Crippen LogP contribution in [0, 0.1) is 0 Å². The van der Waals surface area contributed by atoms with Crippen molar-refractivity contribution in [3.63, 3.8) is 0 Å². The Morgan fingerprint density at radius 2 is 1.79 bits per heavy atom. The van der Waals surface area contributed by atoms with Gasteiger partial charge in [0.2, 0.25) is 12.2 Å². The molecule has 2 rings (SSSR count). The molecule has 0 fully saturated rings. The van der Waals surface area contributed by atoms with E-state index in [9.17, 15) is 14.4 Å². The average Bonchev–Trinajstić information content (AvgIpc) is 3.09.